The third-order valence-electron chi connectivity index (χ3n) is 4.56. The Kier molecular flexibility index (Phi) is 4.08. The Labute approximate surface area is 155 Å². The molecule has 1 aromatic heterocycles. The number of aryl methyl sites for hydroxylation is 1. The maximum atomic E-state index is 10.9. The smallest absolute Gasteiger partial charge is 0.269 e. The van der Waals surface area contributed by atoms with Gasteiger partial charge in [-0.05, 0) is 24.3 Å². The van der Waals surface area contributed by atoms with Gasteiger partial charge < -0.3 is 5.11 Å². The van der Waals surface area contributed by atoms with Crippen molar-refractivity contribution in [3.63, 3.8) is 0 Å². The summed E-state index contributed by atoms with van der Waals surface area (Å²) in [5, 5.41) is 31.9. The zero-order valence-electron chi connectivity index (χ0n) is 14.6. The lowest BCUT2D eigenvalue weighted by Gasteiger charge is -2.22. The van der Waals surface area contributed by atoms with E-state index in [0.29, 0.717) is 12.0 Å². The van der Waals surface area contributed by atoms with Crippen molar-refractivity contribution in [1.82, 2.24) is 9.78 Å². The van der Waals surface area contributed by atoms with Gasteiger partial charge in [-0.2, -0.15) is 10.2 Å². The minimum atomic E-state index is -0.428. The molecule has 2 aromatic carbocycles. The van der Waals surface area contributed by atoms with Gasteiger partial charge in [-0.1, -0.05) is 12.1 Å². The first-order chi connectivity index (χ1) is 13.0. The molecule has 0 spiro atoms. The van der Waals surface area contributed by atoms with E-state index in [1.165, 1.54) is 12.1 Å². The van der Waals surface area contributed by atoms with E-state index in [9.17, 15) is 15.2 Å². The first kappa shape index (κ1) is 16.8. The van der Waals surface area contributed by atoms with Crippen LogP contribution in [-0.2, 0) is 7.05 Å². The van der Waals surface area contributed by atoms with Crippen LogP contribution in [0.4, 0.5) is 11.4 Å². The van der Waals surface area contributed by atoms with E-state index in [4.69, 9.17) is 5.10 Å². The fourth-order valence-corrected chi connectivity index (χ4v) is 3.23. The van der Waals surface area contributed by atoms with Crippen LogP contribution in [0.15, 0.2) is 66.0 Å². The SMILES string of the molecule is Cn1cc([C@@H]2CC(c3ccccc3O)=NN2c2ccc([N+](=O)[O-])cc2)cn1. The van der Waals surface area contributed by atoms with Crippen molar-refractivity contribution in [2.75, 3.05) is 5.01 Å². The van der Waals surface area contributed by atoms with Crippen molar-refractivity contribution in [3.8, 4) is 5.75 Å². The molecular formula is C19H17N5O3. The Bertz CT molecular complexity index is 1030. The second-order valence-electron chi connectivity index (χ2n) is 6.35. The van der Waals surface area contributed by atoms with Gasteiger partial charge in [0.1, 0.15) is 5.75 Å². The Hall–Kier alpha value is -3.68. The number of nitrogens with zero attached hydrogens (tertiary/aromatic N) is 5. The van der Waals surface area contributed by atoms with E-state index in [2.05, 4.69) is 5.10 Å². The summed E-state index contributed by atoms with van der Waals surface area (Å²) in [6.07, 6.45) is 4.29. The van der Waals surface area contributed by atoms with Crippen molar-refractivity contribution in [1.29, 1.82) is 0 Å². The number of hydrogen-bond donors (Lipinski definition) is 1. The van der Waals surface area contributed by atoms with Gasteiger partial charge in [0.25, 0.3) is 5.69 Å². The Balaban J connectivity index is 1.75. The summed E-state index contributed by atoms with van der Waals surface area (Å²) in [6, 6.07) is 13.2. The number of phenolic OH excluding ortho intramolecular Hbond substituents is 1. The third kappa shape index (κ3) is 3.12. The van der Waals surface area contributed by atoms with Crippen molar-refractivity contribution in [3.05, 3.63) is 82.2 Å². The van der Waals surface area contributed by atoms with Crippen LogP contribution in [0.2, 0.25) is 0 Å². The molecule has 1 atom stereocenters. The normalized spacial score (nSPS) is 16.4. The maximum absolute atomic E-state index is 10.9. The summed E-state index contributed by atoms with van der Waals surface area (Å²) < 4.78 is 1.72. The van der Waals surface area contributed by atoms with E-state index in [-0.39, 0.29) is 17.5 Å². The fraction of sp³-hybridized carbons (Fsp3) is 0.158. The third-order valence-corrected chi connectivity index (χ3v) is 4.56. The minimum absolute atomic E-state index is 0.0285. The molecule has 0 aliphatic carbocycles. The predicted molar refractivity (Wildman–Crippen MR) is 101 cm³/mol. The molecule has 27 heavy (non-hydrogen) atoms. The molecule has 8 heteroatoms. The number of non-ortho nitro benzene ring substituents is 1. The van der Waals surface area contributed by atoms with Crippen molar-refractivity contribution in [2.45, 2.75) is 12.5 Å². The average Bonchev–Trinajstić information content (AvgIpc) is 3.28. The van der Waals surface area contributed by atoms with Gasteiger partial charge in [0, 0.05) is 42.9 Å². The molecular weight excluding hydrogens is 346 g/mol. The highest BCUT2D eigenvalue weighted by atomic mass is 16.6. The summed E-state index contributed by atoms with van der Waals surface area (Å²) in [5.74, 6) is 0.173. The van der Waals surface area contributed by atoms with Crippen LogP contribution < -0.4 is 5.01 Å². The van der Waals surface area contributed by atoms with E-state index in [1.807, 2.05) is 30.4 Å². The van der Waals surface area contributed by atoms with E-state index in [1.54, 1.807) is 35.1 Å². The lowest BCUT2D eigenvalue weighted by molar-refractivity contribution is -0.384. The topological polar surface area (TPSA) is 96.8 Å². The number of nitro groups is 1. The van der Waals surface area contributed by atoms with Crippen LogP contribution in [0.3, 0.4) is 0 Å². The average molecular weight is 363 g/mol. The van der Waals surface area contributed by atoms with Gasteiger partial charge >= 0.3 is 0 Å². The standard InChI is InChI=1S/C19H17N5O3/c1-22-12-13(11-20-22)18-10-17(16-4-2-3-5-19(16)25)21-23(18)14-6-8-15(9-7-14)24(26)27/h2-9,11-12,18,25H,10H2,1H3/t18-/m0/s1. The lowest BCUT2D eigenvalue weighted by atomic mass is 10.00. The number of rotatable bonds is 4. The number of hydrazone groups is 1. The molecule has 1 aliphatic rings. The van der Waals surface area contributed by atoms with E-state index >= 15 is 0 Å². The molecule has 2 heterocycles. The van der Waals surface area contributed by atoms with Crippen molar-refractivity contribution in [2.24, 2.45) is 12.1 Å². The molecule has 0 radical (unpaired) electrons. The quantitative estimate of drug-likeness (QED) is 0.566. The Morgan fingerprint density at radius 1 is 1.19 bits per heavy atom. The second kappa shape index (κ2) is 6.56. The first-order valence-electron chi connectivity index (χ1n) is 8.41. The summed E-state index contributed by atoms with van der Waals surface area (Å²) in [5.41, 5.74) is 3.17. The maximum Gasteiger partial charge on any atom is 0.269 e. The molecule has 8 nitrogen and oxygen atoms in total. The fourth-order valence-electron chi connectivity index (χ4n) is 3.23. The Morgan fingerprint density at radius 2 is 1.93 bits per heavy atom. The van der Waals surface area contributed by atoms with Crippen LogP contribution in [-0.4, -0.2) is 25.5 Å². The number of phenols is 1. The van der Waals surface area contributed by atoms with Crippen molar-refractivity contribution < 1.29 is 10.0 Å². The number of aromatic nitrogens is 2. The van der Waals surface area contributed by atoms with E-state index < -0.39 is 4.92 Å². The van der Waals surface area contributed by atoms with Gasteiger partial charge in [0.05, 0.1) is 28.6 Å². The van der Waals surface area contributed by atoms with Gasteiger partial charge in [-0.25, -0.2) is 0 Å². The van der Waals surface area contributed by atoms with Crippen LogP contribution in [0, 0.1) is 10.1 Å². The van der Waals surface area contributed by atoms with Crippen molar-refractivity contribution >= 4 is 17.1 Å². The van der Waals surface area contributed by atoms with Gasteiger partial charge in [0.15, 0.2) is 0 Å². The molecule has 0 fully saturated rings. The second-order valence-corrected chi connectivity index (χ2v) is 6.35. The Morgan fingerprint density at radius 3 is 2.56 bits per heavy atom. The van der Waals surface area contributed by atoms with Crippen LogP contribution in [0.1, 0.15) is 23.6 Å². The molecule has 0 unspecified atom stereocenters. The molecule has 3 aromatic rings. The number of benzene rings is 2. The summed E-state index contributed by atoms with van der Waals surface area (Å²) in [4.78, 5) is 10.5. The number of para-hydroxylation sites is 1. The largest absolute Gasteiger partial charge is 0.507 e. The summed E-state index contributed by atoms with van der Waals surface area (Å²) in [7, 11) is 1.85. The monoisotopic (exact) mass is 363 g/mol. The first-order valence-corrected chi connectivity index (χ1v) is 8.41. The molecule has 0 amide bonds. The summed E-state index contributed by atoms with van der Waals surface area (Å²) >= 11 is 0. The molecule has 0 bridgehead atoms. The highest BCUT2D eigenvalue weighted by Gasteiger charge is 2.31. The highest BCUT2D eigenvalue weighted by Crippen LogP contribution is 2.38. The number of anilines is 1. The highest BCUT2D eigenvalue weighted by molar-refractivity contribution is 6.05. The molecule has 1 N–H and O–H groups in total. The zero-order chi connectivity index (χ0) is 19.0. The molecule has 1 aliphatic heterocycles. The number of nitro benzene ring substituents is 1. The van der Waals surface area contributed by atoms with Gasteiger partial charge in [-0.15, -0.1) is 0 Å². The van der Waals surface area contributed by atoms with Crippen LogP contribution in [0.25, 0.3) is 0 Å². The minimum Gasteiger partial charge on any atom is -0.507 e. The van der Waals surface area contributed by atoms with Crippen LogP contribution in [0.5, 0.6) is 5.75 Å². The predicted octanol–water partition coefficient (Wildman–Crippen LogP) is 3.39. The molecule has 0 saturated carbocycles. The molecule has 136 valence electrons. The molecule has 4 rings (SSSR count). The zero-order valence-corrected chi connectivity index (χ0v) is 14.6. The van der Waals surface area contributed by atoms with Gasteiger partial charge in [-0.3, -0.25) is 19.8 Å². The van der Waals surface area contributed by atoms with Crippen LogP contribution >= 0.6 is 0 Å². The van der Waals surface area contributed by atoms with E-state index in [0.717, 1.165) is 17.0 Å². The number of hydrogen-bond acceptors (Lipinski definition) is 6. The molecule has 0 saturated heterocycles. The lowest BCUT2D eigenvalue weighted by Crippen LogP contribution is -2.18. The van der Waals surface area contributed by atoms with Gasteiger partial charge in [0.2, 0.25) is 0 Å². The summed E-state index contributed by atoms with van der Waals surface area (Å²) in [6.45, 7) is 0. The number of aromatic hydroxyl groups is 1.